The largest absolute Gasteiger partial charge is 0.345 e. The van der Waals surface area contributed by atoms with Crippen LogP contribution >= 0.6 is 0 Å². The Morgan fingerprint density at radius 2 is 1.91 bits per heavy atom. The van der Waals surface area contributed by atoms with Gasteiger partial charge in [0.1, 0.15) is 5.82 Å². The second kappa shape index (κ2) is 7.31. The Balaban J connectivity index is 1.53. The van der Waals surface area contributed by atoms with Gasteiger partial charge in [0.2, 0.25) is 0 Å². The Morgan fingerprint density at radius 1 is 1.17 bits per heavy atom. The van der Waals surface area contributed by atoms with Crippen molar-refractivity contribution >= 4 is 6.03 Å². The summed E-state index contributed by atoms with van der Waals surface area (Å²) in [4.78, 5) is 11.9. The first-order valence-corrected chi connectivity index (χ1v) is 8.13. The first-order valence-electron chi connectivity index (χ1n) is 8.13. The molecule has 0 saturated heterocycles. The number of nitrogens with zero attached hydrogens (tertiary/aromatic N) is 1. The van der Waals surface area contributed by atoms with Crippen LogP contribution < -0.4 is 10.6 Å². The van der Waals surface area contributed by atoms with E-state index in [0.717, 1.165) is 24.1 Å². The van der Waals surface area contributed by atoms with Crippen molar-refractivity contribution in [3.05, 3.63) is 59.7 Å². The highest BCUT2D eigenvalue weighted by molar-refractivity contribution is 5.74. The molecule has 1 aliphatic rings. The number of carbonyl (C=O) groups is 1. The summed E-state index contributed by atoms with van der Waals surface area (Å²) in [6.45, 7) is 1.14. The van der Waals surface area contributed by atoms with Crippen molar-refractivity contribution in [2.24, 2.45) is 0 Å². The maximum absolute atomic E-state index is 13.0. The van der Waals surface area contributed by atoms with E-state index in [1.54, 1.807) is 12.1 Å². The van der Waals surface area contributed by atoms with Crippen molar-refractivity contribution in [3.8, 4) is 0 Å². The zero-order valence-electron chi connectivity index (χ0n) is 13.1. The lowest BCUT2D eigenvalue weighted by Crippen LogP contribution is -2.40. The summed E-state index contributed by atoms with van der Waals surface area (Å²) in [5.74, 6) is -0.230. The molecule has 1 aromatic heterocycles. The van der Waals surface area contributed by atoms with Crippen molar-refractivity contribution < 1.29 is 9.18 Å². The van der Waals surface area contributed by atoms with E-state index in [0.29, 0.717) is 19.1 Å². The van der Waals surface area contributed by atoms with E-state index < -0.39 is 0 Å². The van der Waals surface area contributed by atoms with Crippen LogP contribution in [0.1, 0.15) is 36.9 Å². The smallest absolute Gasteiger partial charge is 0.315 e. The first-order chi connectivity index (χ1) is 11.2. The molecule has 3 rings (SSSR count). The molecule has 0 atom stereocenters. The van der Waals surface area contributed by atoms with Crippen LogP contribution in [0, 0.1) is 5.82 Å². The molecule has 1 aromatic carbocycles. The molecule has 1 fully saturated rings. The summed E-state index contributed by atoms with van der Waals surface area (Å²) < 4.78 is 15.0. The molecule has 122 valence electrons. The van der Waals surface area contributed by atoms with Crippen LogP contribution in [0.2, 0.25) is 0 Å². The second-order valence-electron chi connectivity index (χ2n) is 6.06. The van der Waals surface area contributed by atoms with Gasteiger partial charge in [-0.2, -0.15) is 0 Å². The monoisotopic (exact) mass is 315 g/mol. The highest BCUT2D eigenvalue weighted by atomic mass is 19.1. The summed E-state index contributed by atoms with van der Waals surface area (Å²) in [5, 5.41) is 5.93. The molecular formula is C18H22FN3O. The molecule has 2 N–H and O–H groups in total. The Bertz CT molecular complexity index is 645. The minimum Gasteiger partial charge on any atom is -0.345 e. The van der Waals surface area contributed by atoms with Crippen molar-refractivity contribution in [2.75, 3.05) is 0 Å². The molecule has 1 heterocycles. The fourth-order valence-corrected chi connectivity index (χ4v) is 3.03. The van der Waals surface area contributed by atoms with E-state index in [9.17, 15) is 9.18 Å². The normalized spacial score (nSPS) is 14.8. The van der Waals surface area contributed by atoms with Gasteiger partial charge in [0.25, 0.3) is 0 Å². The predicted molar refractivity (Wildman–Crippen MR) is 87.6 cm³/mol. The zero-order valence-corrected chi connectivity index (χ0v) is 13.1. The van der Waals surface area contributed by atoms with E-state index in [2.05, 4.69) is 15.2 Å². The molecule has 0 spiro atoms. The van der Waals surface area contributed by atoms with E-state index in [1.165, 1.54) is 25.0 Å². The van der Waals surface area contributed by atoms with Gasteiger partial charge in [-0.1, -0.05) is 25.0 Å². The van der Waals surface area contributed by atoms with E-state index in [-0.39, 0.29) is 11.8 Å². The summed E-state index contributed by atoms with van der Waals surface area (Å²) in [7, 11) is 0. The maximum Gasteiger partial charge on any atom is 0.315 e. The zero-order chi connectivity index (χ0) is 16.1. The summed E-state index contributed by atoms with van der Waals surface area (Å²) in [5.41, 5.74) is 2.05. The fourth-order valence-electron chi connectivity index (χ4n) is 3.03. The van der Waals surface area contributed by atoms with Crippen LogP contribution in [0.25, 0.3) is 0 Å². The van der Waals surface area contributed by atoms with Gasteiger partial charge in [-0.15, -0.1) is 0 Å². The van der Waals surface area contributed by atoms with Crippen LogP contribution in [0.15, 0.2) is 42.6 Å². The fraction of sp³-hybridized carbons (Fsp3) is 0.389. The number of carbonyl (C=O) groups excluding carboxylic acids is 1. The number of nitrogens with one attached hydrogen (secondary N) is 2. The average molecular weight is 315 g/mol. The number of benzene rings is 1. The van der Waals surface area contributed by atoms with Gasteiger partial charge in [-0.3, -0.25) is 0 Å². The van der Waals surface area contributed by atoms with Gasteiger partial charge < -0.3 is 15.2 Å². The number of halogens is 1. The van der Waals surface area contributed by atoms with Gasteiger partial charge >= 0.3 is 6.03 Å². The van der Waals surface area contributed by atoms with Crippen molar-refractivity contribution in [1.82, 2.24) is 15.2 Å². The second-order valence-corrected chi connectivity index (χ2v) is 6.06. The van der Waals surface area contributed by atoms with E-state index in [4.69, 9.17) is 0 Å². The molecular weight excluding hydrogens is 293 g/mol. The summed E-state index contributed by atoms with van der Waals surface area (Å²) in [6, 6.07) is 10.6. The van der Waals surface area contributed by atoms with Crippen LogP contribution in [-0.4, -0.2) is 16.6 Å². The first kappa shape index (κ1) is 15.6. The van der Waals surface area contributed by atoms with Crippen LogP contribution in [-0.2, 0) is 13.1 Å². The highest BCUT2D eigenvalue weighted by Crippen LogP contribution is 2.17. The van der Waals surface area contributed by atoms with Crippen molar-refractivity contribution in [3.63, 3.8) is 0 Å². The molecule has 2 amide bonds. The molecule has 5 heteroatoms. The van der Waals surface area contributed by atoms with Crippen molar-refractivity contribution in [1.29, 1.82) is 0 Å². The molecule has 0 radical (unpaired) electrons. The minimum atomic E-state index is -0.230. The van der Waals surface area contributed by atoms with Gasteiger partial charge in [0.15, 0.2) is 0 Å². The van der Waals surface area contributed by atoms with E-state index >= 15 is 0 Å². The lowest BCUT2D eigenvalue weighted by Gasteiger charge is -2.14. The summed E-state index contributed by atoms with van der Waals surface area (Å²) in [6.07, 6.45) is 6.52. The Labute approximate surface area is 135 Å². The minimum absolute atomic E-state index is 0.105. The Hall–Kier alpha value is -2.30. The van der Waals surface area contributed by atoms with E-state index in [1.807, 2.05) is 18.3 Å². The van der Waals surface area contributed by atoms with Crippen molar-refractivity contribution in [2.45, 2.75) is 44.8 Å². The molecule has 1 aliphatic carbocycles. The number of hydrogen-bond donors (Lipinski definition) is 2. The van der Waals surface area contributed by atoms with Gasteiger partial charge in [0.05, 0.1) is 6.54 Å². The molecule has 0 bridgehead atoms. The predicted octanol–water partition coefficient (Wildman–Crippen LogP) is 3.42. The SMILES string of the molecule is O=C(NCc1cccn1Cc1ccc(F)cc1)NC1CCCC1. The molecule has 0 unspecified atom stereocenters. The van der Waals surface area contributed by atoms with Gasteiger partial charge in [0, 0.05) is 24.5 Å². The Morgan fingerprint density at radius 3 is 2.65 bits per heavy atom. The molecule has 1 saturated carbocycles. The molecule has 0 aliphatic heterocycles. The van der Waals surface area contributed by atoms with Gasteiger partial charge in [-0.05, 0) is 42.7 Å². The third-order valence-electron chi connectivity index (χ3n) is 4.31. The number of amides is 2. The number of aromatic nitrogens is 1. The third-order valence-corrected chi connectivity index (χ3v) is 4.31. The van der Waals surface area contributed by atoms with Crippen LogP contribution in [0.5, 0.6) is 0 Å². The molecule has 23 heavy (non-hydrogen) atoms. The lowest BCUT2D eigenvalue weighted by molar-refractivity contribution is 0.236. The highest BCUT2D eigenvalue weighted by Gasteiger charge is 2.16. The summed E-state index contributed by atoms with van der Waals surface area (Å²) >= 11 is 0. The third kappa shape index (κ3) is 4.34. The quantitative estimate of drug-likeness (QED) is 0.872. The topological polar surface area (TPSA) is 46.1 Å². The van der Waals surface area contributed by atoms with Crippen LogP contribution in [0.3, 0.4) is 0 Å². The standard InChI is InChI=1S/C18H22FN3O/c19-15-9-7-14(8-10-15)13-22-11-3-6-17(22)12-20-18(23)21-16-4-1-2-5-16/h3,6-11,16H,1-2,4-5,12-13H2,(H2,20,21,23). The lowest BCUT2D eigenvalue weighted by atomic mass is 10.2. The number of urea groups is 1. The van der Waals surface area contributed by atoms with Crippen LogP contribution in [0.4, 0.5) is 9.18 Å². The Kier molecular flexibility index (Phi) is 4.95. The van der Waals surface area contributed by atoms with Gasteiger partial charge in [-0.25, -0.2) is 9.18 Å². The average Bonchev–Trinajstić information content (AvgIpc) is 3.19. The number of hydrogen-bond acceptors (Lipinski definition) is 1. The number of rotatable bonds is 5. The molecule has 2 aromatic rings. The maximum atomic E-state index is 13.0. The molecule has 4 nitrogen and oxygen atoms in total.